The molecule has 0 spiro atoms. The zero-order valence-corrected chi connectivity index (χ0v) is 19.1. The van der Waals surface area contributed by atoms with Crippen LogP contribution in [0.2, 0.25) is 0 Å². The second-order valence-corrected chi connectivity index (χ2v) is 8.38. The van der Waals surface area contributed by atoms with Gasteiger partial charge >= 0.3 is 5.97 Å². The van der Waals surface area contributed by atoms with Crippen molar-refractivity contribution >= 4 is 17.8 Å². The number of esters is 1. The van der Waals surface area contributed by atoms with E-state index in [0.717, 1.165) is 39.3 Å². The molecule has 0 aliphatic carbocycles. The largest absolute Gasteiger partial charge is 0.462 e. The monoisotopic (exact) mass is 445 g/mol. The van der Waals surface area contributed by atoms with Crippen LogP contribution >= 0.6 is 0 Å². The van der Waals surface area contributed by atoms with Crippen molar-refractivity contribution in [3.63, 3.8) is 0 Å². The predicted octanol–water partition coefficient (Wildman–Crippen LogP) is 0.0773. The molecule has 0 bridgehead atoms. The molecular formula is C23H35N5O4. The molecule has 1 aromatic rings. The molecule has 0 aromatic heterocycles. The van der Waals surface area contributed by atoms with Crippen LogP contribution in [-0.4, -0.2) is 98.6 Å². The summed E-state index contributed by atoms with van der Waals surface area (Å²) in [6, 6.07) is 6.31. The summed E-state index contributed by atoms with van der Waals surface area (Å²) in [7, 11) is 0. The minimum absolute atomic E-state index is 0.172. The molecule has 1 unspecified atom stereocenters. The van der Waals surface area contributed by atoms with E-state index < -0.39 is 6.04 Å². The van der Waals surface area contributed by atoms with E-state index in [4.69, 9.17) is 4.74 Å². The van der Waals surface area contributed by atoms with Gasteiger partial charge < -0.3 is 20.7 Å². The molecule has 9 heteroatoms. The summed E-state index contributed by atoms with van der Waals surface area (Å²) in [5, 5.41) is 10.2. The van der Waals surface area contributed by atoms with Crippen molar-refractivity contribution in [2.45, 2.75) is 32.4 Å². The molecule has 32 heavy (non-hydrogen) atoms. The molecule has 0 radical (unpaired) electrons. The third-order valence-electron chi connectivity index (χ3n) is 5.68. The van der Waals surface area contributed by atoms with E-state index in [1.807, 2.05) is 13.8 Å². The Kier molecular flexibility index (Phi) is 9.16. The number of rotatable bonds is 6. The Labute approximate surface area is 189 Å². The molecular weight excluding hydrogens is 410 g/mol. The number of nitrogens with one attached hydrogen (secondary N) is 3. The van der Waals surface area contributed by atoms with Crippen molar-refractivity contribution in [1.29, 1.82) is 0 Å². The lowest BCUT2D eigenvalue weighted by molar-refractivity contribution is -0.154. The van der Waals surface area contributed by atoms with Crippen molar-refractivity contribution in [2.24, 2.45) is 0 Å². The summed E-state index contributed by atoms with van der Waals surface area (Å²) in [5.41, 5.74) is 0.847. The molecule has 1 fully saturated rings. The highest BCUT2D eigenvalue weighted by Gasteiger charge is 2.37. The number of imide groups is 1. The second kappa shape index (κ2) is 12.1. The fourth-order valence-corrected chi connectivity index (χ4v) is 4.05. The van der Waals surface area contributed by atoms with Gasteiger partial charge in [0.05, 0.1) is 17.2 Å². The fraction of sp³-hybridized carbons (Fsp3) is 0.609. The number of fused-ring (bicyclic) bond motifs is 1. The summed E-state index contributed by atoms with van der Waals surface area (Å²) < 4.78 is 5.55. The number of hydrogen-bond acceptors (Lipinski definition) is 8. The van der Waals surface area contributed by atoms with Crippen molar-refractivity contribution in [3.8, 4) is 0 Å². The zero-order chi connectivity index (χ0) is 22.9. The molecule has 2 aliphatic rings. The van der Waals surface area contributed by atoms with Gasteiger partial charge in [0.2, 0.25) is 0 Å². The highest BCUT2D eigenvalue weighted by Crippen LogP contribution is 2.23. The minimum Gasteiger partial charge on any atom is -0.462 e. The number of benzene rings is 1. The normalized spacial score (nSPS) is 19.9. The zero-order valence-electron chi connectivity index (χ0n) is 19.1. The standard InChI is InChI=1S/C23H35N5O4/c1-17(2)32-23(31)20(27-15-12-25-10-8-24-9-11-26-13-16-27)7-14-28-21(29)18-5-3-4-6-19(18)22(28)30/h3-6,17,20,24-26H,7-16H2,1-2H3. The molecule has 1 aromatic carbocycles. The Hall–Kier alpha value is -2.33. The van der Waals surface area contributed by atoms with Gasteiger partial charge in [-0.25, -0.2) is 0 Å². The number of carbonyl (C=O) groups is 3. The molecule has 2 aliphatic heterocycles. The van der Waals surface area contributed by atoms with Crippen molar-refractivity contribution in [3.05, 3.63) is 35.4 Å². The summed E-state index contributed by atoms with van der Waals surface area (Å²) in [6.45, 7) is 10.1. The maximum atomic E-state index is 13.0. The van der Waals surface area contributed by atoms with Crippen LogP contribution in [0.15, 0.2) is 24.3 Å². The van der Waals surface area contributed by atoms with Crippen molar-refractivity contribution < 1.29 is 19.1 Å². The van der Waals surface area contributed by atoms with Gasteiger partial charge in [-0.15, -0.1) is 0 Å². The average molecular weight is 446 g/mol. The van der Waals surface area contributed by atoms with E-state index in [2.05, 4.69) is 20.9 Å². The molecule has 3 rings (SSSR count). The lowest BCUT2D eigenvalue weighted by Gasteiger charge is -2.32. The molecule has 1 saturated heterocycles. The topological polar surface area (TPSA) is 103 Å². The summed E-state index contributed by atoms with van der Waals surface area (Å²) in [5.74, 6) is -0.914. The number of amides is 2. The van der Waals surface area contributed by atoms with Crippen LogP contribution in [0, 0.1) is 0 Å². The Morgan fingerprint density at radius 3 is 1.91 bits per heavy atom. The quantitative estimate of drug-likeness (QED) is 0.418. The van der Waals surface area contributed by atoms with Gasteiger partial charge in [-0.1, -0.05) is 12.1 Å². The first-order valence-corrected chi connectivity index (χ1v) is 11.5. The van der Waals surface area contributed by atoms with Crippen LogP contribution in [0.25, 0.3) is 0 Å². The Bertz CT molecular complexity index is 753. The first-order valence-electron chi connectivity index (χ1n) is 11.5. The summed E-state index contributed by atoms with van der Waals surface area (Å²) >= 11 is 0. The third kappa shape index (κ3) is 6.35. The van der Waals surface area contributed by atoms with E-state index in [-0.39, 0.29) is 30.4 Å². The van der Waals surface area contributed by atoms with Crippen LogP contribution in [-0.2, 0) is 9.53 Å². The van der Waals surface area contributed by atoms with Crippen molar-refractivity contribution in [1.82, 2.24) is 25.8 Å². The fourth-order valence-electron chi connectivity index (χ4n) is 4.05. The maximum Gasteiger partial charge on any atom is 0.323 e. The smallest absolute Gasteiger partial charge is 0.323 e. The Balaban J connectivity index is 1.70. The predicted molar refractivity (Wildman–Crippen MR) is 122 cm³/mol. The van der Waals surface area contributed by atoms with Crippen LogP contribution < -0.4 is 16.0 Å². The molecule has 9 nitrogen and oxygen atoms in total. The third-order valence-corrected chi connectivity index (χ3v) is 5.68. The molecule has 2 amide bonds. The Morgan fingerprint density at radius 2 is 1.41 bits per heavy atom. The highest BCUT2D eigenvalue weighted by molar-refractivity contribution is 6.21. The highest BCUT2D eigenvalue weighted by atomic mass is 16.5. The number of nitrogens with zero attached hydrogens (tertiary/aromatic N) is 2. The van der Waals surface area contributed by atoms with Gasteiger partial charge in [0.15, 0.2) is 0 Å². The van der Waals surface area contributed by atoms with Gasteiger partial charge in [-0.3, -0.25) is 24.2 Å². The summed E-state index contributed by atoms with van der Waals surface area (Å²) in [4.78, 5) is 41.9. The van der Waals surface area contributed by atoms with Gasteiger partial charge in [0.1, 0.15) is 6.04 Å². The van der Waals surface area contributed by atoms with Gasteiger partial charge in [-0.2, -0.15) is 0 Å². The molecule has 0 saturated carbocycles. The lowest BCUT2D eigenvalue weighted by Crippen LogP contribution is -2.50. The SMILES string of the molecule is CC(C)OC(=O)C(CCN1C(=O)c2ccccc2C1=O)N1CCNCCNCCNCC1. The van der Waals surface area contributed by atoms with E-state index >= 15 is 0 Å². The van der Waals surface area contributed by atoms with Gasteiger partial charge in [-0.05, 0) is 32.4 Å². The minimum atomic E-state index is -0.536. The Morgan fingerprint density at radius 1 is 0.906 bits per heavy atom. The molecule has 2 heterocycles. The second-order valence-electron chi connectivity index (χ2n) is 8.38. The van der Waals surface area contributed by atoms with Gasteiger partial charge in [0, 0.05) is 58.9 Å². The van der Waals surface area contributed by atoms with Crippen molar-refractivity contribution in [2.75, 3.05) is 58.9 Å². The maximum absolute atomic E-state index is 13.0. The van der Waals surface area contributed by atoms with Crippen LogP contribution in [0.1, 0.15) is 41.0 Å². The molecule has 176 valence electrons. The summed E-state index contributed by atoms with van der Waals surface area (Å²) in [6.07, 6.45) is 0.0950. The molecule has 3 N–H and O–H groups in total. The number of hydrogen-bond donors (Lipinski definition) is 3. The average Bonchev–Trinajstić information content (AvgIpc) is 2.99. The first-order chi connectivity index (χ1) is 15.5. The first kappa shape index (κ1) is 24.3. The van der Waals surface area contributed by atoms with Gasteiger partial charge in [0.25, 0.3) is 11.8 Å². The van der Waals surface area contributed by atoms with E-state index in [1.165, 1.54) is 4.90 Å². The lowest BCUT2D eigenvalue weighted by atomic mass is 10.1. The van der Waals surface area contributed by atoms with E-state index in [0.29, 0.717) is 30.6 Å². The van der Waals surface area contributed by atoms with Crippen LogP contribution in [0.5, 0.6) is 0 Å². The van der Waals surface area contributed by atoms with E-state index in [1.54, 1.807) is 24.3 Å². The van der Waals surface area contributed by atoms with Crippen LogP contribution in [0.3, 0.4) is 0 Å². The van der Waals surface area contributed by atoms with Crippen LogP contribution in [0.4, 0.5) is 0 Å². The number of carbonyl (C=O) groups excluding carboxylic acids is 3. The number of ether oxygens (including phenoxy) is 1. The van der Waals surface area contributed by atoms with E-state index in [9.17, 15) is 14.4 Å². The molecule has 1 atom stereocenters.